The lowest BCUT2D eigenvalue weighted by atomic mass is 10.1. The highest BCUT2D eigenvalue weighted by Crippen LogP contribution is 2.33. The summed E-state index contributed by atoms with van der Waals surface area (Å²) in [6, 6.07) is 13.9. The zero-order valence-electron chi connectivity index (χ0n) is 26.2. The third kappa shape index (κ3) is 11.9. The number of phenols is 1. The molecular formula is C29H52O6Si4. The zero-order valence-corrected chi connectivity index (χ0v) is 30.2. The summed E-state index contributed by atoms with van der Waals surface area (Å²) in [5.41, 5.74) is 3.58. The molecule has 0 heterocycles. The Morgan fingerprint density at radius 2 is 1.05 bits per heavy atom. The minimum absolute atomic E-state index is 0.167. The minimum Gasteiger partial charge on any atom is -0.504 e. The van der Waals surface area contributed by atoms with Crippen molar-refractivity contribution in [2.75, 3.05) is 14.2 Å². The van der Waals surface area contributed by atoms with Crippen LogP contribution >= 0.6 is 0 Å². The monoisotopic (exact) mass is 608 g/mol. The summed E-state index contributed by atoms with van der Waals surface area (Å²) < 4.78 is 31.8. The molecule has 0 fully saturated rings. The summed E-state index contributed by atoms with van der Waals surface area (Å²) in [5.74, 6) is 1.62. The van der Waals surface area contributed by atoms with Gasteiger partial charge in [-0.3, -0.25) is 0 Å². The summed E-state index contributed by atoms with van der Waals surface area (Å²) in [6.45, 7) is 20.1. The van der Waals surface area contributed by atoms with Crippen LogP contribution in [0.4, 0.5) is 0 Å². The van der Waals surface area contributed by atoms with Gasteiger partial charge < -0.3 is 26.9 Å². The third-order valence-electron chi connectivity index (χ3n) is 6.39. The Morgan fingerprint density at radius 3 is 1.49 bits per heavy atom. The van der Waals surface area contributed by atoms with Crippen molar-refractivity contribution in [3.05, 3.63) is 53.1 Å². The van der Waals surface area contributed by atoms with Gasteiger partial charge in [-0.25, -0.2) is 0 Å². The van der Waals surface area contributed by atoms with E-state index in [1.54, 1.807) is 20.3 Å². The van der Waals surface area contributed by atoms with E-state index < -0.39 is 33.8 Å². The lowest BCUT2D eigenvalue weighted by Crippen LogP contribution is -2.58. The van der Waals surface area contributed by atoms with Crippen molar-refractivity contribution in [3.8, 4) is 17.2 Å². The van der Waals surface area contributed by atoms with Crippen LogP contribution in [0.2, 0.25) is 64.5 Å². The Labute approximate surface area is 241 Å². The number of hydrogen-bond acceptors (Lipinski definition) is 6. The molecule has 6 nitrogen and oxygen atoms in total. The SMILES string of the molecule is COc1cc(CCC[Si](C)(O[Si](C)(C)C)O[Si](C)(CCCc2ccc(O)c(OC)c2)O[Si](C)(C)C)ccc1C. The molecular weight excluding hydrogens is 557 g/mol. The van der Waals surface area contributed by atoms with Crippen molar-refractivity contribution < 1.29 is 26.9 Å². The van der Waals surface area contributed by atoms with Gasteiger partial charge in [0.2, 0.25) is 0 Å². The van der Waals surface area contributed by atoms with Gasteiger partial charge in [0.15, 0.2) is 28.1 Å². The van der Waals surface area contributed by atoms with Crippen LogP contribution in [0.1, 0.15) is 29.5 Å². The van der Waals surface area contributed by atoms with Crippen molar-refractivity contribution in [2.45, 2.75) is 97.1 Å². The van der Waals surface area contributed by atoms with Crippen molar-refractivity contribution in [1.29, 1.82) is 0 Å². The molecule has 0 aromatic heterocycles. The molecule has 2 unspecified atom stereocenters. The summed E-state index contributed by atoms with van der Waals surface area (Å²) in [6.07, 6.45) is 3.79. The Morgan fingerprint density at radius 1 is 0.615 bits per heavy atom. The van der Waals surface area contributed by atoms with E-state index in [4.69, 9.17) is 21.8 Å². The average Bonchev–Trinajstić information content (AvgIpc) is 2.78. The number of methoxy groups -OCH3 is 2. The molecule has 0 bridgehead atoms. The Hall–Kier alpha value is -1.41. The fourth-order valence-electron chi connectivity index (χ4n) is 5.12. The van der Waals surface area contributed by atoms with Crippen molar-refractivity contribution in [3.63, 3.8) is 0 Å². The highest BCUT2D eigenvalue weighted by molar-refractivity contribution is 6.89. The van der Waals surface area contributed by atoms with Crippen LogP contribution < -0.4 is 9.47 Å². The van der Waals surface area contributed by atoms with E-state index in [1.165, 1.54) is 5.56 Å². The van der Waals surface area contributed by atoms with Gasteiger partial charge in [0.1, 0.15) is 5.75 Å². The standard InChI is InChI=1S/C29H52O6Si4/c1-24-16-17-25(22-28(24)31-2)14-12-20-38(10,33-36(4,5)6)35-39(11,34-37(7,8)9)21-13-15-26-18-19-27(30)29(23-26)32-3/h16-19,22-23,30H,12-15,20-21H2,1-11H3. The molecule has 0 aliphatic carbocycles. The Kier molecular flexibility index (Phi) is 12.1. The molecule has 0 saturated heterocycles. The second kappa shape index (κ2) is 14.0. The van der Waals surface area contributed by atoms with E-state index in [0.717, 1.165) is 54.6 Å². The quantitative estimate of drug-likeness (QED) is 0.194. The molecule has 2 atom stereocenters. The van der Waals surface area contributed by atoms with Gasteiger partial charge in [-0.05, 0) is 132 Å². The predicted octanol–water partition coefficient (Wildman–Crippen LogP) is 8.15. The van der Waals surface area contributed by atoms with Gasteiger partial charge in [-0.15, -0.1) is 0 Å². The molecule has 2 rings (SSSR count). The number of hydrogen-bond donors (Lipinski definition) is 1. The molecule has 1 N–H and O–H groups in total. The Bertz CT molecular complexity index is 985. The molecule has 0 radical (unpaired) electrons. The topological polar surface area (TPSA) is 66.4 Å². The number of phenolic OH excluding ortho intramolecular Hbond substituents is 1. The molecule has 2 aromatic rings. The smallest absolute Gasteiger partial charge is 0.315 e. The summed E-state index contributed by atoms with van der Waals surface area (Å²) in [7, 11) is -5.45. The lowest BCUT2D eigenvalue weighted by Gasteiger charge is -2.43. The van der Waals surface area contributed by atoms with Crippen LogP contribution in [0.25, 0.3) is 0 Å². The van der Waals surface area contributed by atoms with Gasteiger partial charge in [0.25, 0.3) is 0 Å². The van der Waals surface area contributed by atoms with Gasteiger partial charge in [-0.2, -0.15) is 0 Å². The maximum Gasteiger partial charge on any atom is 0.315 e. The second-order valence-electron chi connectivity index (χ2n) is 12.8. The number of aryl methyl sites for hydroxylation is 3. The van der Waals surface area contributed by atoms with E-state index in [-0.39, 0.29) is 5.75 Å². The highest BCUT2D eigenvalue weighted by Gasteiger charge is 2.46. The summed E-state index contributed by atoms with van der Waals surface area (Å²) in [5, 5.41) is 9.95. The molecule has 0 saturated carbocycles. The van der Waals surface area contributed by atoms with E-state index >= 15 is 0 Å². The predicted molar refractivity (Wildman–Crippen MR) is 172 cm³/mol. The number of benzene rings is 2. The summed E-state index contributed by atoms with van der Waals surface area (Å²) >= 11 is 0. The largest absolute Gasteiger partial charge is 0.504 e. The molecule has 2 aromatic carbocycles. The first-order chi connectivity index (χ1) is 18.0. The first-order valence-electron chi connectivity index (χ1n) is 14.1. The van der Waals surface area contributed by atoms with Crippen LogP contribution in [-0.2, 0) is 25.2 Å². The fraction of sp³-hybridized carbons (Fsp3) is 0.586. The molecule has 0 aliphatic heterocycles. The van der Waals surface area contributed by atoms with Crippen LogP contribution in [0.5, 0.6) is 17.2 Å². The maximum absolute atomic E-state index is 9.95. The van der Waals surface area contributed by atoms with Gasteiger partial charge in [0, 0.05) is 0 Å². The van der Waals surface area contributed by atoms with Crippen LogP contribution in [0, 0.1) is 6.92 Å². The van der Waals surface area contributed by atoms with Gasteiger partial charge >= 0.3 is 17.1 Å². The van der Waals surface area contributed by atoms with E-state index in [0.29, 0.717) is 5.75 Å². The van der Waals surface area contributed by atoms with Crippen LogP contribution in [-0.4, -0.2) is 53.1 Å². The first-order valence-corrected chi connectivity index (χ1v) is 25.9. The zero-order chi connectivity index (χ0) is 29.5. The van der Waals surface area contributed by atoms with Gasteiger partial charge in [-0.1, -0.05) is 18.2 Å². The van der Waals surface area contributed by atoms with Crippen LogP contribution in [0.15, 0.2) is 36.4 Å². The number of aromatic hydroxyl groups is 1. The maximum atomic E-state index is 9.95. The minimum atomic E-state index is -2.54. The van der Waals surface area contributed by atoms with Gasteiger partial charge in [0.05, 0.1) is 14.2 Å². The van der Waals surface area contributed by atoms with Crippen molar-refractivity contribution in [1.82, 2.24) is 0 Å². The van der Waals surface area contributed by atoms with E-state index in [1.807, 2.05) is 12.1 Å². The summed E-state index contributed by atoms with van der Waals surface area (Å²) in [4.78, 5) is 0. The highest BCUT2D eigenvalue weighted by atomic mass is 28.5. The second-order valence-corrected chi connectivity index (χ2v) is 29.3. The first kappa shape index (κ1) is 33.8. The fourth-order valence-corrected chi connectivity index (χ4v) is 23.5. The van der Waals surface area contributed by atoms with Crippen molar-refractivity contribution >= 4 is 33.8 Å². The molecule has 0 aliphatic rings. The number of ether oxygens (including phenoxy) is 2. The molecule has 10 heteroatoms. The normalized spacial score (nSPS) is 15.5. The number of rotatable bonds is 16. The molecule has 0 spiro atoms. The molecule has 220 valence electrons. The van der Waals surface area contributed by atoms with E-state index in [9.17, 15) is 5.11 Å². The lowest BCUT2D eigenvalue weighted by molar-refractivity contribution is 0.314. The average molecular weight is 609 g/mol. The van der Waals surface area contributed by atoms with Crippen molar-refractivity contribution in [2.24, 2.45) is 0 Å². The molecule has 39 heavy (non-hydrogen) atoms. The Balaban J connectivity index is 2.19. The van der Waals surface area contributed by atoms with Crippen LogP contribution in [0.3, 0.4) is 0 Å². The van der Waals surface area contributed by atoms with E-state index in [2.05, 4.69) is 77.5 Å². The molecule has 0 amide bonds. The third-order valence-corrected chi connectivity index (χ3v) is 20.7.